The minimum Gasteiger partial charge on any atom is -0.366 e. The zero-order valence-corrected chi connectivity index (χ0v) is 18.0. The minimum atomic E-state index is -0.222. The van der Waals surface area contributed by atoms with Gasteiger partial charge >= 0.3 is 0 Å². The van der Waals surface area contributed by atoms with Crippen LogP contribution in [0.25, 0.3) is 11.3 Å². The number of para-hydroxylation sites is 1. The second-order valence-electron chi connectivity index (χ2n) is 8.23. The quantitative estimate of drug-likeness (QED) is 0.628. The Morgan fingerprint density at radius 2 is 1.47 bits per heavy atom. The highest BCUT2D eigenvalue weighted by Gasteiger charge is 2.24. The summed E-state index contributed by atoms with van der Waals surface area (Å²) in [5.41, 5.74) is 3.06. The molecule has 2 aliphatic heterocycles. The Morgan fingerprint density at radius 1 is 0.781 bits per heavy atom. The van der Waals surface area contributed by atoms with Crippen LogP contribution in [-0.2, 0) is 0 Å². The largest absolute Gasteiger partial charge is 0.366 e. The SMILES string of the molecule is O=C(c1ccc(-c2nccnc2N2CCCC2)cc1)N1CCN(c2ccccc2F)CC1. The summed E-state index contributed by atoms with van der Waals surface area (Å²) in [5.74, 6) is 0.692. The lowest BCUT2D eigenvalue weighted by molar-refractivity contribution is 0.0746. The van der Waals surface area contributed by atoms with Crippen molar-refractivity contribution in [1.82, 2.24) is 14.9 Å². The Balaban J connectivity index is 1.27. The smallest absolute Gasteiger partial charge is 0.253 e. The third-order valence-corrected chi connectivity index (χ3v) is 6.25. The summed E-state index contributed by atoms with van der Waals surface area (Å²) in [6.45, 7) is 4.37. The van der Waals surface area contributed by atoms with Crippen LogP contribution in [0.5, 0.6) is 0 Å². The second kappa shape index (κ2) is 8.94. The van der Waals surface area contributed by atoms with Crippen LogP contribution < -0.4 is 9.80 Å². The molecule has 0 unspecified atom stereocenters. The molecule has 2 fully saturated rings. The number of carbonyl (C=O) groups excluding carboxylic acids is 1. The van der Waals surface area contributed by atoms with Crippen LogP contribution in [-0.4, -0.2) is 60.0 Å². The first-order valence-electron chi connectivity index (χ1n) is 11.2. The fraction of sp³-hybridized carbons (Fsp3) is 0.320. The third-order valence-electron chi connectivity index (χ3n) is 6.25. The number of piperazine rings is 1. The molecule has 0 saturated carbocycles. The maximum atomic E-state index is 14.1. The van der Waals surface area contributed by atoms with Gasteiger partial charge in [0.2, 0.25) is 0 Å². The van der Waals surface area contributed by atoms with E-state index in [4.69, 9.17) is 0 Å². The van der Waals surface area contributed by atoms with Gasteiger partial charge in [-0.2, -0.15) is 0 Å². The van der Waals surface area contributed by atoms with Gasteiger partial charge in [0.15, 0.2) is 5.82 Å². The molecule has 0 radical (unpaired) electrons. The molecular formula is C25H26FN5O. The zero-order chi connectivity index (χ0) is 21.9. The monoisotopic (exact) mass is 431 g/mol. The summed E-state index contributed by atoms with van der Waals surface area (Å²) in [6.07, 6.45) is 5.79. The molecule has 7 heteroatoms. The van der Waals surface area contributed by atoms with Crippen molar-refractivity contribution in [3.8, 4) is 11.3 Å². The van der Waals surface area contributed by atoms with E-state index in [1.54, 1.807) is 24.5 Å². The van der Waals surface area contributed by atoms with Gasteiger partial charge in [-0.15, -0.1) is 0 Å². The Kier molecular flexibility index (Phi) is 5.71. The van der Waals surface area contributed by atoms with Gasteiger partial charge in [-0.1, -0.05) is 24.3 Å². The summed E-state index contributed by atoms with van der Waals surface area (Å²) in [4.78, 5) is 28.3. The van der Waals surface area contributed by atoms with Gasteiger partial charge in [-0.25, -0.2) is 9.37 Å². The molecule has 6 nitrogen and oxygen atoms in total. The average molecular weight is 432 g/mol. The first-order chi connectivity index (χ1) is 15.7. The molecule has 0 spiro atoms. The number of anilines is 2. The van der Waals surface area contributed by atoms with Crippen LogP contribution in [0.3, 0.4) is 0 Å². The molecule has 164 valence electrons. The van der Waals surface area contributed by atoms with Gasteiger partial charge in [0.25, 0.3) is 5.91 Å². The molecule has 2 aromatic carbocycles. The number of benzene rings is 2. The molecule has 0 aliphatic carbocycles. The molecule has 2 aliphatic rings. The average Bonchev–Trinajstić information content (AvgIpc) is 3.39. The molecular weight excluding hydrogens is 405 g/mol. The van der Waals surface area contributed by atoms with E-state index in [0.29, 0.717) is 37.4 Å². The zero-order valence-electron chi connectivity index (χ0n) is 18.0. The Hall–Kier alpha value is -3.48. The normalized spacial score (nSPS) is 16.5. The highest BCUT2D eigenvalue weighted by Crippen LogP contribution is 2.29. The van der Waals surface area contributed by atoms with Crippen LogP contribution in [0, 0.1) is 5.82 Å². The summed E-state index contributed by atoms with van der Waals surface area (Å²) in [7, 11) is 0. The van der Waals surface area contributed by atoms with Crippen molar-refractivity contribution in [2.75, 3.05) is 49.1 Å². The van der Waals surface area contributed by atoms with Crippen molar-refractivity contribution in [3.05, 3.63) is 72.3 Å². The number of hydrogen-bond donors (Lipinski definition) is 0. The lowest BCUT2D eigenvalue weighted by Gasteiger charge is -2.36. The summed E-state index contributed by atoms with van der Waals surface area (Å²) in [6, 6.07) is 14.4. The minimum absolute atomic E-state index is 0.00338. The number of rotatable bonds is 4. The Bertz CT molecular complexity index is 1090. The molecule has 3 heterocycles. The van der Waals surface area contributed by atoms with E-state index in [0.717, 1.165) is 30.2 Å². The molecule has 2 saturated heterocycles. The number of amides is 1. The molecule has 1 aromatic heterocycles. The van der Waals surface area contributed by atoms with Gasteiger partial charge in [0, 0.05) is 62.8 Å². The van der Waals surface area contributed by atoms with E-state index in [-0.39, 0.29) is 11.7 Å². The highest BCUT2D eigenvalue weighted by atomic mass is 19.1. The van der Waals surface area contributed by atoms with Crippen molar-refractivity contribution in [2.45, 2.75) is 12.8 Å². The summed E-state index contributed by atoms with van der Waals surface area (Å²) >= 11 is 0. The first kappa shape index (κ1) is 20.4. The maximum Gasteiger partial charge on any atom is 0.253 e. The lowest BCUT2D eigenvalue weighted by atomic mass is 10.1. The van der Waals surface area contributed by atoms with E-state index < -0.39 is 0 Å². The number of hydrogen-bond acceptors (Lipinski definition) is 5. The van der Waals surface area contributed by atoms with Crippen molar-refractivity contribution >= 4 is 17.4 Å². The standard InChI is InChI=1S/C25H26FN5O/c26-21-5-1-2-6-22(21)29-15-17-31(18-16-29)25(32)20-9-7-19(8-10-20)23-24(28-12-11-27-23)30-13-3-4-14-30/h1-2,5-12H,3-4,13-18H2. The van der Waals surface area contributed by atoms with Gasteiger partial charge in [0.05, 0.1) is 5.69 Å². The highest BCUT2D eigenvalue weighted by molar-refractivity contribution is 5.95. The molecule has 1 amide bonds. The topological polar surface area (TPSA) is 52.6 Å². The molecule has 5 rings (SSSR count). The second-order valence-corrected chi connectivity index (χ2v) is 8.23. The van der Waals surface area contributed by atoms with E-state index in [1.165, 1.54) is 18.9 Å². The fourth-order valence-corrected chi connectivity index (χ4v) is 4.51. The van der Waals surface area contributed by atoms with Gasteiger partial charge in [-0.05, 0) is 37.1 Å². The number of nitrogens with zero attached hydrogens (tertiary/aromatic N) is 5. The van der Waals surface area contributed by atoms with E-state index in [1.807, 2.05) is 40.1 Å². The Labute approximate surface area is 187 Å². The van der Waals surface area contributed by atoms with E-state index in [9.17, 15) is 9.18 Å². The molecule has 0 bridgehead atoms. The number of halogens is 1. The van der Waals surface area contributed by atoms with Gasteiger partial charge in [0.1, 0.15) is 11.5 Å². The van der Waals surface area contributed by atoms with Gasteiger partial charge in [-0.3, -0.25) is 9.78 Å². The van der Waals surface area contributed by atoms with E-state index in [2.05, 4.69) is 14.9 Å². The van der Waals surface area contributed by atoms with Crippen molar-refractivity contribution in [3.63, 3.8) is 0 Å². The predicted octanol–water partition coefficient (Wildman–Crippen LogP) is 3.85. The van der Waals surface area contributed by atoms with Crippen LogP contribution in [0.1, 0.15) is 23.2 Å². The summed E-state index contributed by atoms with van der Waals surface area (Å²) < 4.78 is 14.1. The van der Waals surface area contributed by atoms with Gasteiger partial charge < -0.3 is 14.7 Å². The lowest BCUT2D eigenvalue weighted by Crippen LogP contribution is -2.49. The fourth-order valence-electron chi connectivity index (χ4n) is 4.51. The van der Waals surface area contributed by atoms with Crippen molar-refractivity contribution < 1.29 is 9.18 Å². The Morgan fingerprint density at radius 3 is 2.19 bits per heavy atom. The van der Waals surface area contributed by atoms with E-state index >= 15 is 0 Å². The van der Waals surface area contributed by atoms with Crippen LogP contribution in [0.15, 0.2) is 60.9 Å². The molecule has 3 aromatic rings. The number of aromatic nitrogens is 2. The predicted molar refractivity (Wildman–Crippen MR) is 123 cm³/mol. The maximum absolute atomic E-state index is 14.1. The molecule has 0 atom stereocenters. The first-order valence-corrected chi connectivity index (χ1v) is 11.2. The van der Waals surface area contributed by atoms with Crippen LogP contribution >= 0.6 is 0 Å². The molecule has 0 N–H and O–H groups in total. The molecule has 32 heavy (non-hydrogen) atoms. The van der Waals surface area contributed by atoms with Crippen LogP contribution in [0.4, 0.5) is 15.9 Å². The number of carbonyl (C=O) groups is 1. The van der Waals surface area contributed by atoms with Crippen molar-refractivity contribution in [1.29, 1.82) is 0 Å². The van der Waals surface area contributed by atoms with Crippen molar-refractivity contribution in [2.24, 2.45) is 0 Å². The van der Waals surface area contributed by atoms with Crippen LogP contribution in [0.2, 0.25) is 0 Å². The third kappa shape index (κ3) is 4.02. The summed E-state index contributed by atoms with van der Waals surface area (Å²) in [5, 5.41) is 0.